The number of rotatable bonds is 13. The number of carbonyl (C=O) groups excluding carboxylic acids is 3. The molecule has 0 aliphatic heterocycles. The quantitative estimate of drug-likeness (QED) is 0.0351. The zero-order valence-corrected chi connectivity index (χ0v) is 24.0. The lowest BCUT2D eigenvalue weighted by atomic mass is 9.84. The Morgan fingerprint density at radius 2 is 0.760 bits per heavy atom. The number of carbonyl (C=O) groups is 3. The molecule has 0 aliphatic carbocycles. The molecule has 0 aliphatic rings. The molecule has 270 valence electrons. The molecule has 0 unspecified atom stereocenters. The summed E-state index contributed by atoms with van der Waals surface area (Å²) < 4.78 is 190. The molecule has 9 nitrogen and oxygen atoms in total. The first kappa shape index (κ1) is 39.0. The average molecular weight is 739 g/mol. The fraction of sp³-hybridized carbons (Fsp3) is 0.250. The molecular formula is C28H14F13NO8. The molecule has 3 aromatic carbocycles. The second-order valence-corrected chi connectivity index (χ2v) is 9.90. The summed E-state index contributed by atoms with van der Waals surface area (Å²) in [5.41, 5.74) is -2.84. The van der Waals surface area contributed by atoms with Gasteiger partial charge in [-0.25, -0.2) is 39.5 Å². The van der Waals surface area contributed by atoms with E-state index < -0.39 is 160 Å². The fourth-order valence-corrected chi connectivity index (χ4v) is 4.11. The third kappa shape index (κ3) is 8.22. The van der Waals surface area contributed by atoms with Crippen molar-refractivity contribution in [3.05, 3.63) is 97.9 Å². The van der Waals surface area contributed by atoms with E-state index in [1.807, 2.05) is 0 Å². The second-order valence-electron chi connectivity index (χ2n) is 9.90. The molecule has 22 heteroatoms. The number of halogens is 13. The number of nitrogens with zero attached hydrogens (tertiary/aromatic N) is 1. The summed E-state index contributed by atoms with van der Waals surface area (Å²) in [7, 11) is 0. The molecule has 0 spiro atoms. The van der Waals surface area contributed by atoms with Crippen LogP contribution in [-0.2, 0) is 14.4 Å². The summed E-state index contributed by atoms with van der Waals surface area (Å²) in [6.45, 7) is 0. The Labute approximate surface area is 268 Å². The van der Waals surface area contributed by atoms with Gasteiger partial charge in [0.1, 0.15) is 0 Å². The van der Waals surface area contributed by atoms with Crippen LogP contribution in [-0.4, -0.2) is 28.4 Å². The standard InChI is InChI=1S/C28H14F13NO8/c29-9-7-11(31)25(21(38)16(9)33)48-13(43)1-4-28(42(46)47,5-2-14(44)49-26-12(32)8-10(30)17(34)22(26)39)6-3-15(45)50-27-23(40)19(36)18(35)20(37)24(27)41/h7-8H,1-6H2. The number of ether oxygens (including phenoxy) is 3. The van der Waals surface area contributed by atoms with E-state index in [9.17, 15) is 81.6 Å². The lowest BCUT2D eigenvalue weighted by Crippen LogP contribution is -2.41. The van der Waals surface area contributed by atoms with Gasteiger partial charge in [-0.2, -0.15) is 17.6 Å². The van der Waals surface area contributed by atoms with Gasteiger partial charge in [0.25, 0.3) is 0 Å². The van der Waals surface area contributed by atoms with Crippen LogP contribution in [0.4, 0.5) is 57.1 Å². The van der Waals surface area contributed by atoms with Crippen LogP contribution in [0.2, 0.25) is 0 Å². The average Bonchev–Trinajstić information content (AvgIpc) is 3.06. The maximum absolute atomic E-state index is 13.9. The van der Waals surface area contributed by atoms with Crippen molar-refractivity contribution >= 4 is 17.9 Å². The van der Waals surface area contributed by atoms with Crippen molar-refractivity contribution in [3.63, 3.8) is 0 Å². The summed E-state index contributed by atoms with van der Waals surface area (Å²) in [5.74, 6) is -41.5. The van der Waals surface area contributed by atoms with Crippen molar-refractivity contribution in [2.45, 2.75) is 44.1 Å². The maximum atomic E-state index is 13.9. The Morgan fingerprint density at radius 1 is 0.480 bits per heavy atom. The Bertz CT molecular complexity index is 1780. The predicted octanol–water partition coefficient (Wildman–Crippen LogP) is 6.97. The van der Waals surface area contributed by atoms with Crippen molar-refractivity contribution in [3.8, 4) is 17.2 Å². The molecule has 3 rings (SSSR count). The second kappa shape index (κ2) is 15.4. The van der Waals surface area contributed by atoms with Gasteiger partial charge in [0.2, 0.25) is 63.5 Å². The zero-order chi connectivity index (χ0) is 37.8. The molecule has 0 saturated heterocycles. The van der Waals surface area contributed by atoms with Gasteiger partial charge in [0.15, 0.2) is 34.9 Å². The van der Waals surface area contributed by atoms with E-state index in [2.05, 4.69) is 14.2 Å². The normalized spacial score (nSPS) is 11.4. The van der Waals surface area contributed by atoms with E-state index in [0.717, 1.165) is 0 Å². The van der Waals surface area contributed by atoms with Crippen molar-refractivity contribution < 1.29 is 90.6 Å². The minimum atomic E-state index is -2.84. The minimum Gasteiger partial charge on any atom is -0.420 e. The number of esters is 3. The molecule has 0 fully saturated rings. The van der Waals surface area contributed by atoms with Crippen LogP contribution in [0.3, 0.4) is 0 Å². The van der Waals surface area contributed by atoms with Crippen LogP contribution in [0.5, 0.6) is 17.2 Å². The third-order valence-electron chi connectivity index (χ3n) is 6.73. The summed E-state index contributed by atoms with van der Waals surface area (Å²) in [4.78, 5) is 47.9. The van der Waals surface area contributed by atoms with E-state index in [1.165, 1.54) is 0 Å². The molecule has 0 saturated carbocycles. The van der Waals surface area contributed by atoms with Gasteiger partial charge in [0.05, 0.1) is 19.3 Å². The number of hydrogen-bond acceptors (Lipinski definition) is 8. The van der Waals surface area contributed by atoms with E-state index in [0.29, 0.717) is 0 Å². The Kier molecular flexibility index (Phi) is 12.0. The molecule has 0 atom stereocenters. The lowest BCUT2D eigenvalue weighted by Gasteiger charge is -2.25. The van der Waals surface area contributed by atoms with Crippen LogP contribution < -0.4 is 14.2 Å². The van der Waals surface area contributed by atoms with Gasteiger partial charge >= 0.3 is 17.9 Å². The fourth-order valence-electron chi connectivity index (χ4n) is 4.11. The van der Waals surface area contributed by atoms with E-state index >= 15 is 0 Å². The van der Waals surface area contributed by atoms with Crippen molar-refractivity contribution in [2.75, 3.05) is 0 Å². The molecule has 0 heterocycles. The number of benzene rings is 3. The highest BCUT2D eigenvalue weighted by molar-refractivity contribution is 5.74. The van der Waals surface area contributed by atoms with Crippen LogP contribution in [0.25, 0.3) is 0 Å². The van der Waals surface area contributed by atoms with Gasteiger partial charge < -0.3 is 14.2 Å². The smallest absolute Gasteiger partial charge is 0.311 e. The number of nitro groups is 1. The third-order valence-corrected chi connectivity index (χ3v) is 6.73. The maximum Gasteiger partial charge on any atom is 0.311 e. The monoisotopic (exact) mass is 739 g/mol. The highest BCUT2D eigenvalue weighted by Gasteiger charge is 2.44. The molecular weight excluding hydrogens is 725 g/mol. The van der Waals surface area contributed by atoms with Gasteiger partial charge in [-0.15, -0.1) is 0 Å². The van der Waals surface area contributed by atoms with Gasteiger partial charge in [-0.05, 0) is 0 Å². The van der Waals surface area contributed by atoms with Gasteiger partial charge in [-0.1, -0.05) is 0 Å². The van der Waals surface area contributed by atoms with Gasteiger partial charge in [-0.3, -0.25) is 24.5 Å². The molecule has 0 amide bonds. The van der Waals surface area contributed by atoms with Crippen molar-refractivity contribution in [1.29, 1.82) is 0 Å². The Morgan fingerprint density at radius 3 is 1.08 bits per heavy atom. The molecule has 0 radical (unpaired) electrons. The molecule has 50 heavy (non-hydrogen) atoms. The predicted molar refractivity (Wildman–Crippen MR) is 133 cm³/mol. The lowest BCUT2D eigenvalue weighted by molar-refractivity contribution is -0.573. The first-order valence-electron chi connectivity index (χ1n) is 13.2. The SMILES string of the molecule is O=C(CCC(CCC(=O)Oc1c(F)cc(F)c(F)c1F)(CCC(=O)Oc1c(F)c(F)c(F)c(F)c1F)[N+](=O)[O-])Oc1c(F)cc(F)c(F)c1F. The van der Waals surface area contributed by atoms with Crippen LogP contribution in [0.1, 0.15) is 38.5 Å². The molecule has 3 aromatic rings. The molecule has 0 N–H and O–H groups in total. The summed E-state index contributed by atoms with van der Waals surface area (Å²) >= 11 is 0. The van der Waals surface area contributed by atoms with E-state index in [1.54, 1.807) is 0 Å². The molecule has 0 aromatic heterocycles. The zero-order valence-electron chi connectivity index (χ0n) is 24.0. The van der Waals surface area contributed by atoms with Crippen LogP contribution in [0, 0.1) is 85.7 Å². The van der Waals surface area contributed by atoms with E-state index in [4.69, 9.17) is 0 Å². The Hall–Kier alpha value is -5.44. The van der Waals surface area contributed by atoms with Crippen molar-refractivity contribution in [1.82, 2.24) is 0 Å². The van der Waals surface area contributed by atoms with E-state index in [-0.39, 0.29) is 12.1 Å². The van der Waals surface area contributed by atoms with Crippen LogP contribution >= 0.6 is 0 Å². The minimum absolute atomic E-state index is 0.233. The summed E-state index contributed by atoms with van der Waals surface area (Å²) in [5, 5.41) is 12.2. The van der Waals surface area contributed by atoms with Gasteiger partial charge in [0, 0.05) is 36.3 Å². The van der Waals surface area contributed by atoms with Crippen molar-refractivity contribution in [2.24, 2.45) is 0 Å². The first-order valence-corrected chi connectivity index (χ1v) is 13.2. The summed E-state index contributed by atoms with van der Waals surface area (Å²) in [6.07, 6.45) is -7.74. The topological polar surface area (TPSA) is 122 Å². The number of hydrogen-bond donors (Lipinski definition) is 0. The highest BCUT2D eigenvalue weighted by atomic mass is 19.2. The molecule has 0 bridgehead atoms. The first-order chi connectivity index (χ1) is 23.2. The summed E-state index contributed by atoms with van der Waals surface area (Å²) in [6, 6.07) is -0.467. The van der Waals surface area contributed by atoms with Crippen LogP contribution in [0.15, 0.2) is 12.1 Å². The largest absolute Gasteiger partial charge is 0.420 e. The highest BCUT2D eigenvalue weighted by Crippen LogP contribution is 2.34. The Balaban J connectivity index is 1.88.